The molecule has 1 N–H and O–H groups in total. The molecule has 1 aliphatic carbocycles. The Morgan fingerprint density at radius 2 is 1.93 bits per heavy atom. The van der Waals surface area contributed by atoms with Crippen molar-refractivity contribution in [3.63, 3.8) is 0 Å². The number of carbonyl (C=O) groups is 1. The Hall–Kier alpha value is -2.01. The summed E-state index contributed by atoms with van der Waals surface area (Å²) >= 11 is 1.78. The van der Waals surface area contributed by atoms with Gasteiger partial charge in [-0.15, -0.1) is 11.8 Å². The molecule has 0 bridgehead atoms. The van der Waals surface area contributed by atoms with E-state index in [2.05, 4.69) is 39.5 Å². The molecule has 142 valence electrons. The average molecular weight is 382 g/mol. The molecule has 5 heteroatoms. The molecule has 1 unspecified atom stereocenters. The third-order valence-corrected chi connectivity index (χ3v) is 6.91. The van der Waals surface area contributed by atoms with Crippen LogP contribution in [0.3, 0.4) is 0 Å². The number of carbonyl (C=O) groups excluding carboxylic acids is 1. The number of nitrogens with zero attached hydrogens (tertiary/aromatic N) is 2. The predicted molar refractivity (Wildman–Crippen MR) is 111 cm³/mol. The first kappa shape index (κ1) is 18.4. The Kier molecular flexibility index (Phi) is 5.97. The molecule has 0 radical (unpaired) electrons. The highest BCUT2D eigenvalue weighted by molar-refractivity contribution is 7.99. The third kappa shape index (κ3) is 4.64. The third-order valence-electron chi connectivity index (χ3n) is 5.55. The van der Waals surface area contributed by atoms with Gasteiger partial charge in [0.05, 0.1) is 5.56 Å². The first-order valence-corrected chi connectivity index (χ1v) is 10.9. The quantitative estimate of drug-likeness (QED) is 0.807. The minimum atomic E-state index is 0.0155. The van der Waals surface area contributed by atoms with Crippen LogP contribution in [-0.4, -0.2) is 35.8 Å². The van der Waals surface area contributed by atoms with Gasteiger partial charge in [-0.05, 0) is 49.4 Å². The predicted octanol–water partition coefficient (Wildman–Crippen LogP) is 4.37. The number of aromatic nitrogens is 1. The van der Waals surface area contributed by atoms with Crippen LogP contribution in [0.15, 0.2) is 53.7 Å². The second kappa shape index (κ2) is 8.79. The number of hydrogen-bond donors (Lipinski definition) is 1. The van der Waals surface area contributed by atoms with E-state index in [1.165, 1.54) is 31.4 Å². The van der Waals surface area contributed by atoms with E-state index in [4.69, 9.17) is 0 Å². The van der Waals surface area contributed by atoms with Gasteiger partial charge >= 0.3 is 0 Å². The van der Waals surface area contributed by atoms with Crippen molar-refractivity contribution in [3.05, 3.63) is 54.2 Å². The monoisotopic (exact) mass is 381 g/mol. The topological polar surface area (TPSA) is 45.2 Å². The van der Waals surface area contributed by atoms with Crippen molar-refractivity contribution >= 4 is 23.4 Å². The summed E-state index contributed by atoms with van der Waals surface area (Å²) in [5.74, 6) is 0.513. The molecule has 1 saturated carbocycles. The van der Waals surface area contributed by atoms with Crippen LogP contribution in [0.2, 0.25) is 0 Å². The molecular weight excluding hydrogens is 354 g/mol. The van der Waals surface area contributed by atoms with Gasteiger partial charge in [-0.3, -0.25) is 4.79 Å². The Morgan fingerprint density at radius 3 is 2.74 bits per heavy atom. The van der Waals surface area contributed by atoms with Crippen molar-refractivity contribution in [2.75, 3.05) is 24.5 Å². The number of amides is 1. The van der Waals surface area contributed by atoms with Crippen LogP contribution >= 0.6 is 11.8 Å². The number of para-hydroxylation sites is 1. The summed E-state index contributed by atoms with van der Waals surface area (Å²) in [5.41, 5.74) is 2.00. The van der Waals surface area contributed by atoms with E-state index in [1.807, 2.05) is 18.2 Å². The zero-order valence-electron chi connectivity index (χ0n) is 15.6. The van der Waals surface area contributed by atoms with Gasteiger partial charge in [0.2, 0.25) is 0 Å². The molecule has 2 fully saturated rings. The summed E-state index contributed by atoms with van der Waals surface area (Å²) < 4.78 is 0. The number of nitrogens with one attached hydrogen (secondary N) is 1. The number of benzene rings is 1. The van der Waals surface area contributed by atoms with Gasteiger partial charge in [0, 0.05) is 36.8 Å². The number of anilines is 1. The van der Waals surface area contributed by atoms with Crippen LogP contribution in [0.25, 0.3) is 0 Å². The number of pyridine rings is 1. The minimum Gasteiger partial charge on any atom is -0.371 e. The van der Waals surface area contributed by atoms with Gasteiger partial charge in [-0.1, -0.05) is 31.0 Å². The lowest BCUT2D eigenvalue weighted by Crippen LogP contribution is -2.31. The van der Waals surface area contributed by atoms with Crippen molar-refractivity contribution in [3.8, 4) is 0 Å². The SMILES string of the molecule is O=C(NCC1CCN(c2ccccc2)C1)c1cccnc1SC1CCCC1. The molecule has 1 aliphatic heterocycles. The molecule has 1 saturated heterocycles. The van der Waals surface area contributed by atoms with E-state index in [0.717, 1.165) is 36.6 Å². The average Bonchev–Trinajstić information content (AvgIpc) is 3.39. The smallest absolute Gasteiger partial charge is 0.254 e. The van der Waals surface area contributed by atoms with Crippen LogP contribution in [0, 0.1) is 5.92 Å². The summed E-state index contributed by atoms with van der Waals surface area (Å²) in [6, 6.07) is 14.3. The second-order valence-corrected chi connectivity index (χ2v) is 8.82. The van der Waals surface area contributed by atoms with Crippen LogP contribution in [0.5, 0.6) is 0 Å². The fraction of sp³-hybridized carbons (Fsp3) is 0.455. The fourth-order valence-electron chi connectivity index (χ4n) is 4.03. The van der Waals surface area contributed by atoms with Crippen molar-refractivity contribution < 1.29 is 4.79 Å². The van der Waals surface area contributed by atoms with Gasteiger partial charge < -0.3 is 10.2 Å². The van der Waals surface area contributed by atoms with Crippen molar-refractivity contribution in [1.82, 2.24) is 10.3 Å². The normalized spacial score (nSPS) is 20.1. The first-order chi connectivity index (χ1) is 13.3. The lowest BCUT2D eigenvalue weighted by atomic mass is 10.1. The van der Waals surface area contributed by atoms with Crippen molar-refractivity contribution in [2.24, 2.45) is 5.92 Å². The molecule has 4 rings (SSSR count). The van der Waals surface area contributed by atoms with Crippen LogP contribution in [0.4, 0.5) is 5.69 Å². The Labute approximate surface area is 165 Å². The summed E-state index contributed by atoms with van der Waals surface area (Å²) in [4.78, 5) is 19.7. The number of rotatable bonds is 6. The van der Waals surface area contributed by atoms with Crippen molar-refractivity contribution in [1.29, 1.82) is 0 Å². The summed E-state index contributed by atoms with van der Waals surface area (Å²) in [6.45, 7) is 2.78. The summed E-state index contributed by atoms with van der Waals surface area (Å²) in [6.07, 6.45) is 7.98. The fourth-order valence-corrected chi connectivity index (χ4v) is 5.32. The maximum Gasteiger partial charge on any atom is 0.254 e. The van der Waals surface area contributed by atoms with Gasteiger partial charge in [0.15, 0.2) is 0 Å². The Balaban J connectivity index is 1.32. The van der Waals surface area contributed by atoms with Crippen LogP contribution < -0.4 is 10.2 Å². The summed E-state index contributed by atoms with van der Waals surface area (Å²) in [7, 11) is 0. The number of hydrogen-bond acceptors (Lipinski definition) is 4. The molecule has 1 aromatic heterocycles. The molecule has 1 atom stereocenters. The van der Waals surface area contributed by atoms with Gasteiger partial charge in [0.1, 0.15) is 5.03 Å². The molecule has 2 heterocycles. The lowest BCUT2D eigenvalue weighted by Gasteiger charge is -2.19. The van der Waals surface area contributed by atoms with E-state index in [1.54, 1.807) is 18.0 Å². The summed E-state index contributed by atoms with van der Waals surface area (Å²) in [5, 5.41) is 4.66. The Morgan fingerprint density at radius 1 is 1.11 bits per heavy atom. The molecule has 2 aliphatic rings. The molecule has 4 nitrogen and oxygen atoms in total. The second-order valence-electron chi connectivity index (χ2n) is 7.53. The van der Waals surface area contributed by atoms with E-state index < -0.39 is 0 Å². The zero-order chi connectivity index (χ0) is 18.5. The van der Waals surface area contributed by atoms with Crippen LogP contribution in [0.1, 0.15) is 42.5 Å². The lowest BCUT2D eigenvalue weighted by molar-refractivity contribution is 0.0944. The molecule has 0 spiro atoms. The largest absolute Gasteiger partial charge is 0.371 e. The highest BCUT2D eigenvalue weighted by atomic mass is 32.2. The molecule has 1 aromatic carbocycles. The van der Waals surface area contributed by atoms with E-state index in [0.29, 0.717) is 11.2 Å². The molecule has 27 heavy (non-hydrogen) atoms. The Bertz CT molecular complexity index is 761. The van der Waals surface area contributed by atoms with Gasteiger partial charge in [-0.2, -0.15) is 0 Å². The highest BCUT2D eigenvalue weighted by Gasteiger charge is 2.24. The van der Waals surface area contributed by atoms with Crippen LogP contribution in [-0.2, 0) is 0 Å². The molecule has 1 amide bonds. The zero-order valence-corrected chi connectivity index (χ0v) is 16.5. The number of thioether (sulfide) groups is 1. The van der Waals surface area contributed by atoms with Gasteiger partial charge in [0.25, 0.3) is 5.91 Å². The van der Waals surface area contributed by atoms with Crippen molar-refractivity contribution in [2.45, 2.75) is 42.4 Å². The van der Waals surface area contributed by atoms with Gasteiger partial charge in [-0.25, -0.2) is 4.98 Å². The van der Waals surface area contributed by atoms with E-state index in [9.17, 15) is 4.79 Å². The molecular formula is C22H27N3OS. The standard InChI is InChI=1S/C22H27N3OS/c26-21(20-11-6-13-23-22(20)27-19-9-4-5-10-19)24-15-17-12-14-25(16-17)18-7-2-1-3-8-18/h1-3,6-8,11,13,17,19H,4-5,9-10,12,14-16H2,(H,24,26). The van der Waals surface area contributed by atoms with E-state index >= 15 is 0 Å². The maximum absolute atomic E-state index is 12.8. The maximum atomic E-state index is 12.8. The van der Waals surface area contributed by atoms with E-state index in [-0.39, 0.29) is 5.91 Å². The first-order valence-electron chi connectivity index (χ1n) is 9.99. The minimum absolute atomic E-state index is 0.0155. The highest BCUT2D eigenvalue weighted by Crippen LogP contribution is 2.35. The molecule has 2 aromatic rings.